The standard InChI is InChI=1S/C14H21ClN2S/c15-14-6-11(9-18-14)4-10-5-12(16)8-17(7-10)13-2-1-3-13/h6,9-10,12-13H,1-5,7-8,16H2. The van der Waals surface area contributed by atoms with Gasteiger partial charge in [-0.1, -0.05) is 18.0 Å². The topological polar surface area (TPSA) is 29.3 Å². The van der Waals surface area contributed by atoms with Crippen molar-refractivity contribution in [2.75, 3.05) is 13.1 Å². The summed E-state index contributed by atoms with van der Waals surface area (Å²) in [5, 5.41) is 2.19. The molecule has 1 aliphatic carbocycles. The van der Waals surface area contributed by atoms with Gasteiger partial charge in [-0.3, -0.25) is 4.90 Å². The molecule has 2 fully saturated rings. The van der Waals surface area contributed by atoms with Crippen molar-refractivity contribution in [3.63, 3.8) is 0 Å². The molecule has 100 valence electrons. The highest BCUT2D eigenvalue weighted by Gasteiger charge is 2.32. The number of nitrogens with two attached hydrogens (primary N) is 1. The van der Waals surface area contributed by atoms with Gasteiger partial charge in [0.25, 0.3) is 0 Å². The maximum absolute atomic E-state index is 6.23. The molecule has 1 aromatic heterocycles. The van der Waals surface area contributed by atoms with E-state index in [4.69, 9.17) is 17.3 Å². The first kappa shape index (κ1) is 12.9. The Bertz CT molecular complexity index is 402. The Morgan fingerprint density at radius 1 is 1.39 bits per heavy atom. The van der Waals surface area contributed by atoms with E-state index in [0.29, 0.717) is 12.0 Å². The lowest BCUT2D eigenvalue weighted by Gasteiger charge is -2.44. The summed E-state index contributed by atoms with van der Waals surface area (Å²) >= 11 is 7.64. The fourth-order valence-corrected chi connectivity index (χ4v) is 4.19. The molecule has 0 aromatic carbocycles. The molecule has 2 nitrogen and oxygen atoms in total. The van der Waals surface area contributed by atoms with Gasteiger partial charge < -0.3 is 5.73 Å². The zero-order valence-electron chi connectivity index (χ0n) is 10.6. The molecule has 0 spiro atoms. The third-order valence-electron chi connectivity index (χ3n) is 4.34. The summed E-state index contributed by atoms with van der Waals surface area (Å²) in [5.74, 6) is 0.708. The van der Waals surface area contributed by atoms with Crippen molar-refractivity contribution in [1.82, 2.24) is 4.90 Å². The molecule has 1 saturated carbocycles. The molecular weight excluding hydrogens is 264 g/mol. The Balaban J connectivity index is 1.60. The molecule has 2 heterocycles. The summed E-state index contributed by atoms with van der Waals surface area (Å²) in [4.78, 5) is 2.64. The van der Waals surface area contributed by atoms with Crippen LogP contribution in [0, 0.1) is 5.92 Å². The minimum absolute atomic E-state index is 0.360. The average molecular weight is 285 g/mol. The zero-order chi connectivity index (χ0) is 12.5. The summed E-state index contributed by atoms with van der Waals surface area (Å²) < 4.78 is 0.904. The van der Waals surface area contributed by atoms with Gasteiger partial charge >= 0.3 is 0 Å². The second-order valence-electron chi connectivity index (χ2n) is 5.86. The molecule has 1 saturated heterocycles. The van der Waals surface area contributed by atoms with E-state index >= 15 is 0 Å². The molecule has 3 rings (SSSR count). The van der Waals surface area contributed by atoms with Gasteiger partial charge in [0.15, 0.2) is 0 Å². The van der Waals surface area contributed by atoms with E-state index in [-0.39, 0.29) is 0 Å². The van der Waals surface area contributed by atoms with Crippen molar-refractivity contribution in [3.8, 4) is 0 Å². The number of piperidine rings is 1. The number of hydrogen-bond acceptors (Lipinski definition) is 3. The third kappa shape index (κ3) is 2.90. The minimum atomic E-state index is 0.360. The van der Waals surface area contributed by atoms with Crippen LogP contribution in [0.15, 0.2) is 11.4 Å². The maximum atomic E-state index is 6.23. The maximum Gasteiger partial charge on any atom is 0.0931 e. The van der Waals surface area contributed by atoms with Crippen LogP contribution in [0.4, 0.5) is 0 Å². The quantitative estimate of drug-likeness (QED) is 0.924. The van der Waals surface area contributed by atoms with Crippen molar-refractivity contribution in [3.05, 3.63) is 21.3 Å². The number of nitrogens with zero attached hydrogens (tertiary/aromatic N) is 1. The fourth-order valence-electron chi connectivity index (χ4n) is 3.27. The summed E-state index contributed by atoms with van der Waals surface area (Å²) in [6.07, 6.45) is 6.46. The molecule has 0 radical (unpaired) electrons. The average Bonchev–Trinajstić information content (AvgIpc) is 2.60. The van der Waals surface area contributed by atoms with E-state index in [1.807, 2.05) is 0 Å². The van der Waals surface area contributed by atoms with Gasteiger partial charge in [0, 0.05) is 25.2 Å². The highest BCUT2D eigenvalue weighted by atomic mass is 35.5. The second-order valence-corrected chi connectivity index (χ2v) is 7.41. The highest BCUT2D eigenvalue weighted by molar-refractivity contribution is 7.14. The van der Waals surface area contributed by atoms with E-state index in [1.54, 1.807) is 11.3 Å². The Kier molecular flexibility index (Phi) is 3.94. The Labute approximate surface area is 118 Å². The van der Waals surface area contributed by atoms with Crippen LogP contribution in [0.1, 0.15) is 31.2 Å². The van der Waals surface area contributed by atoms with Crippen LogP contribution in [0.25, 0.3) is 0 Å². The highest BCUT2D eigenvalue weighted by Crippen LogP contribution is 2.31. The Hall–Kier alpha value is -0.0900. The van der Waals surface area contributed by atoms with Gasteiger partial charge in [-0.25, -0.2) is 0 Å². The molecule has 2 aliphatic rings. The van der Waals surface area contributed by atoms with E-state index in [0.717, 1.165) is 29.8 Å². The van der Waals surface area contributed by atoms with Crippen molar-refractivity contribution in [2.45, 2.75) is 44.2 Å². The molecule has 18 heavy (non-hydrogen) atoms. The largest absolute Gasteiger partial charge is 0.327 e. The van der Waals surface area contributed by atoms with Crippen molar-refractivity contribution >= 4 is 22.9 Å². The van der Waals surface area contributed by atoms with E-state index in [1.165, 1.54) is 31.4 Å². The smallest absolute Gasteiger partial charge is 0.0931 e. The molecule has 2 N–H and O–H groups in total. The Morgan fingerprint density at radius 3 is 2.83 bits per heavy atom. The molecule has 1 aromatic rings. The lowest BCUT2D eigenvalue weighted by Crippen LogP contribution is -2.53. The monoisotopic (exact) mass is 284 g/mol. The Morgan fingerprint density at radius 2 is 2.22 bits per heavy atom. The molecule has 2 unspecified atom stereocenters. The van der Waals surface area contributed by atoms with E-state index in [9.17, 15) is 0 Å². The van der Waals surface area contributed by atoms with Crippen LogP contribution in [0.3, 0.4) is 0 Å². The van der Waals surface area contributed by atoms with Crippen molar-refractivity contribution in [2.24, 2.45) is 11.7 Å². The first-order valence-electron chi connectivity index (χ1n) is 6.93. The molecule has 0 bridgehead atoms. The van der Waals surface area contributed by atoms with Crippen LogP contribution in [0.5, 0.6) is 0 Å². The summed E-state index contributed by atoms with van der Waals surface area (Å²) in [5.41, 5.74) is 7.61. The van der Waals surface area contributed by atoms with Crippen LogP contribution in [0.2, 0.25) is 4.34 Å². The predicted molar refractivity (Wildman–Crippen MR) is 78.3 cm³/mol. The third-order valence-corrected chi connectivity index (χ3v) is 5.48. The van der Waals surface area contributed by atoms with Gasteiger partial charge in [-0.2, -0.15) is 0 Å². The fraction of sp³-hybridized carbons (Fsp3) is 0.714. The van der Waals surface area contributed by atoms with Crippen LogP contribution >= 0.6 is 22.9 Å². The first-order chi connectivity index (χ1) is 8.70. The normalized spacial score (nSPS) is 30.3. The molecule has 4 heteroatoms. The van der Waals surface area contributed by atoms with Crippen molar-refractivity contribution < 1.29 is 0 Å². The van der Waals surface area contributed by atoms with Gasteiger partial charge in [0.05, 0.1) is 4.34 Å². The van der Waals surface area contributed by atoms with Gasteiger partial charge in [-0.15, -0.1) is 11.3 Å². The van der Waals surface area contributed by atoms with Gasteiger partial charge in [0.2, 0.25) is 0 Å². The van der Waals surface area contributed by atoms with Crippen molar-refractivity contribution in [1.29, 1.82) is 0 Å². The molecule has 1 aliphatic heterocycles. The van der Waals surface area contributed by atoms with E-state index < -0.39 is 0 Å². The molecular formula is C14H21ClN2S. The number of likely N-dealkylation sites (tertiary alicyclic amines) is 1. The van der Waals surface area contributed by atoms with Crippen LogP contribution in [-0.4, -0.2) is 30.1 Å². The van der Waals surface area contributed by atoms with Gasteiger partial charge in [0.1, 0.15) is 0 Å². The van der Waals surface area contributed by atoms with Crippen LogP contribution in [-0.2, 0) is 6.42 Å². The molecule has 0 amide bonds. The lowest BCUT2D eigenvalue weighted by molar-refractivity contribution is 0.0670. The second kappa shape index (κ2) is 5.49. The van der Waals surface area contributed by atoms with Gasteiger partial charge in [-0.05, 0) is 48.6 Å². The summed E-state index contributed by atoms with van der Waals surface area (Å²) in [6.45, 7) is 2.33. The van der Waals surface area contributed by atoms with E-state index in [2.05, 4.69) is 16.3 Å². The number of halogens is 1. The first-order valence-corrected chi connectivity index (χ1v) is 8.19. The SMILES string of the molecule is NC1CC(Cc2csc(Cl)c2)CN(C2CCC2)C1. The number of rotatable bonds is 3. The number of thiophene rings is 1. The minimum Gasteiger partial charge on any atom is -0.327 e. The summed E-state index contributed by atoms with van der Waals surface area (Å²) in [7, 11) is 0. The summed E-state index contributed by atoms with van der Waals surface area (Å²) in [6, 6.07) is 3.29. The lowest BCUT2D eigenvalue weighted by atomic mass is 9.85. The zero-order valence-corrected chi connectivity index (χ0v) is 12.2. The molecule has 2 atom stereocenters. The van der Waals surface area contributed by atoms with Crippen LogP contribution < -0.4 is 5.73 Å². The predicted octanol–water partition coefficient (Wildman–Crippen LogP) is 3.15. The number of hydrogen-bond donors (Lipinski definition) is 1.